The molecule has 0 unspecified atom stereocenters. The Bertz CT molecular complexity index is 487. The van der Waals surface area contributed by atoms with Gasteiger partial charge in [-0.05, 0) is 6.92 Å². The summed E-state index contributed by atoms with van der Waals surface area (Å²) in [5.41, 5.74) is 6.41. The van der Waals surface area contributed by atoms with Crippen molar-refractivity contribution in [1.29, 1.82) is 0 Å². The maximum atomic E-state index is 5.54. The predicted octanol–water partition coefficient (Wildman–Crippen LogP) is 1.53. The van der Waals surface area contributed by atoms with Gasteiger partial charge in [0.15, 0.2) is 5.13 Å². The number of anilines is 2. The number of nitrogens with zero attached hydrogens (tertiary/aromatic N) is 3. The molecular formula is C10H13N5OS. The average molecular weight is 251 g/mol. The van der Waals surface area contributed by atoms with Crippen LogP contribution in [0.25, 0.3) is 0 Å². The van der Waals surface area contributed by atoms with Gasteiger partial charge in [0.05, 0.1) is 18.8 Å². The number of nitrogen functional groups attached to an aromatic ring is 1. The molecule has 0 aliphatic carbocycles. The predicted molar refractivity (Wildman–Crippen MR) is 67.1 cm³/mol. The van der Waals surface area contributed by atoms with E-state index in [4.69, 9.17) is 10.5 Å². The maximum Gasteiger partial charge on any atom is 0.226 e. The summed E-state index contributed by atoms with van der Waals surface area (Å²) in [4.78, 5) is 12.4. The molecule has 0 saturated carbocycles. The van der Waals surface area contributed by atoms with Gasteiger partial charge in [-0.25, -0.2) is 9.97 Å². The van der Waals surface area contributed by atoms with Crippen molar-refractivity contribution in [2.24, 2.45) is 0 Å². The van der Waals surface area contributed by atoms with Crippen molar-refractivity contribution in [2.75, 3.05) is 17.7 Å². The Labute approximate surface area is 103 Å². The molecular weight excluding hydrogens is 238 g/mol. The number of ether oxygens (including phenoxy) is 1. The molecule has 0 atom stereocenters. The van der Waals surface area contributed by atoms with E-state index >= 15 is 0 Å². The van der Waals surface area contributed by atoms with Crippen LogP contribution in [0.5, 0.6) is 5.88 Å². The molecule has 6 nitrogen and oxygen atoms in total. The zero-order valence-corrected chi connectivity index (χ0v) is 10.2. The Kier molecular flexibility index (Phi) is 3.71. The highest BCUT2D eigenvalue weighted by Gasteiger charge is 2.02. The monoisotopic (exact) mass is 251 g/mol. The summed E-state index contributed by atoms with van der Waals surface area (Å²) < 4.78 is 5.28. The van der Waals surface area contributed by atoms with Crippen LogP contribution in [0.4, 0.5) is 11.1 Å². The minimum Gasteiger partial charge on any atom is -0.478 e. The van der Waals surface area contributed by atoms with E-state index in [1.807, 2.05) is 12.3 Å². The molecule has 0 aliphatic heterocycles. The van der Waals surface area contributed by atoms with Crippen molar-refractivity contribution in [2.45, 2.75) is 13.5 Å². The maximum absolute atomic E-state index is 5.54. The lowest BCUT2D eigenvalue weighted by molar-refractivity contribution is 0.326. The minimum absolute atomic E-state index is 0.516. The van der Waals surface area contributed by atoms with Crippen LogP contribution in [0.3, 0.4) is 0 Å². The van der Waals surface area contributed by atoms with E-state index in [1.165, 1.54) is 11.3 Å². The van der Waals surface area contributed by atoms with E-state index in [0.717, 1.165) is 5.69 Å². The van der Waals surface area contributed by atoms with Crippen molar-refractivity contribution in [3.05, 3.63) is 23.3 Å². The molecule has 0 radical (unpaired) electrons. The first kappa shape index (κ1) is 11.6. The number of nitrogens with two attached hydrogens (primary N) is 1. The van der Waals surface area contributed by atoms with Crippen LogP contribution >= 0.6 is 11.3 Å². The molecule has 3 N–H and O–H groups in total. The molecule has 0 amide bonds. The molecule has 0 saturated heterocycles. The second-order valence-electron chi connectivity index (χ2n) is 3.18. The summed E-state index contributed by atoms with van der Waals surface area (Å²) in [6.07, 6.45) is 1.65. The van der Waals surface area contributed by atoms with Crippen molar-refractivity contribution in [1.82, 2.24) is 15.0 Å². The smallest absolute Gasteiger partial charge is 0.226 e. The molecule has 17 heavy (non-hydrogen) atoms. The number of aromatic nitrogens is 3. The van der Waals surface area contributed by atoms with Crippen LogP contribution in [0.2, 0.25) is 0 Å². The first-order valence-electron chi connectivity index (χ1n) is 5.17. The number of hydrogen-bond acceptors (Lipinski definition) is 7. The average Bonchev–Trinajstić information content (AvgIpc) is 2.74. The highest BCUT2D eigenvalue weighted by atomic mass is 32.1. The Morgan fingerprint density at radius 3 is 3.06 bits per heavy atom. The molecule has 2 aromatic heterocycles. The first-order valence-corrected chi connectivity index (χ1v) is 6.05. The third-order valence-electron chi connectivity index (χ3n) is 1.92. The Hall–Kier alpha value is -1.89. The fourth-order valence-electron chi connectivity index (χ4n) is 1.23. The Balaban J connectivity index is 1.96. The summed E-state index contributed by atoms with van der Waals surface area (Å²) in [5, 5.41) is 5.52. The summed E-state index contributed by atoms with van der Waals surface area (Å²) in [5.74, 6) is 1.07. The van der Waals surface area contributed by atoms with Crippen molar-refractivity contribution >= 4 is 22.4 Å². The fraction of sp³-hybridized carbons (Fsp3) is 0.300. The van der Waals surface area contributed by atoms with Gasteiger partial charge in [-0.1, -0.05) is 0 Å². The van der Waals surface area contributed by atoms with Crippen LogP contribution < -0.4 is 15.8 Å². The molecule has 2 heterocycles. The quantitative estimate of drug-likeness (QED) is 0.838. The van der Waals surface area contributed by atoms with Gasteiger partial charge in [-0.15, -0.1) is 11.3 Å². The number of hydrogen-bond donors (Lipinski definition) is 2. The van der Waals surface area contributed by atoms with Crippen molar-refractivity contribution in [3.8, 4) is 5.88 Å². The van der Waals surface area contributed by atoms with E-state index < -0.39 is 0 Å². The van der Waals surface area contributed by atoms with E-state index in [9.17, 15) is 0 Å². The molecule has 2 aromatic rings. The van der Waals surface area contributed by atoms with Crippen LogP contribution in [-0.4, -0.2) is 21.6 Å². The molecule has 0 aromatic carbocycles. The van der Waals surface area contributed by atoms with Gasteiger partial charge in [-0.3, -0.25) is 0 Å². The summed E-state index contributed by atoms with van der Waals surface area (Å²) in [6, 6.07) is 1.72. The lowest BCUT2D eigenvalue weighted by atomic mass is 10.5. The Morgan fingerprint density at radius 2 is 2.35 bits per heavy atom. The minimum atomic E-state index is 0.516. The van der Waals surface area contributed by atoms with Crippen molar-refractivity contribution in [3.63, 3.8) is 0 Å². The van der Waals surface area contributed by atoms with E-state index in [-0.39, 0.29) is 0 Å². The third-order valence-corrected chi connectivity index (χ3v) is 2.64. The van der Waals surface area contributed by atoms with Gasteiger partial charge < -0.3 is 15.8 Å². The molecule has 7 heteroatoms. The van der Waals surface area contributed by atoms with E-state index in [0.29, 0.717) is 30.1 Å². The highest BCUT2D eigenvalue weighted by molar-refractivity contribution is 7.13. The largest absolute Gasteiger partial charge is 0.478 e. The molecule has 0 bridgehead atoms. The first-order chi connectivity index (χ1) is 8.28. The number of rotatable bonds is 5. The number of thiazole rings is 1. The third kappa shape index (κ3) is 3.28. The second kappa shape index (κ2) is 5.44. The second-order valence-corrected chi connectivity index (χ2v) is 4.07. The van der Waals surface area contributed by atoms with E-state index in [1.54, 1.807) is 12.3 Å². The lowest BCUT2D eigenvalue weighted by Crippen LogP contribution is -2.05. The molecule has 0 spiro atoms. The van der Waals surface area contributed by atoms with Gasteiger partial charge in [0, 0.05) is 17.6 Å². The SMILES string of the molecule is CCOc1ccnc(NCc2csc(N)n2)n1. The van der Waals surface area contributed by atoms with Gasteiger partial charge in [0.25, 0.3) is 0 Å². The van der Waals surface area contributed by atoms with Gasteiger partial charge >= 0.3 is 0 Å². The van der Waals surface area contributed by atoms with Crippen LogP contribution in [0, 0.1) is 0 Å². The van der Waals surface area contributed by atoms with Gasteiger partial charge in [0.2, 0.25) is 11.8 Å². The summed E-state index contributed by atoms with van der Waals surface area (Å²) in [6.45, 7) is 3.04. The van der Waals surface area contributed by atoms with Crippen molar-refractivity contribution < 1.29 is 4.74 Å². The molecule has 90 valence electrons. The number of nitrogens with one attached hydrogen (secondary N) is 1. The lowest BCUT2D eigenvalue weighted by Gasteiger charge is -2.05. The normalized spacial score (nSPS) is 10.2. The molecule has 2 rings (SSSR count). The van der Waals surface area contributed by atoms with Crippen LogP contribution in [-0.2, 0) is 6.54 Å². The zero-order valence-electron chi connectivity index (χ0n) is 9.38. The summed E-state index contributed by atoms with van der Waals surface area (Å²) in [7, 11) is 0. The molecule has 0 aliphatic rings. The summed E-state index contributed by atoms with van der Waals surface area (Å²) >= 11 is 1.41. The Morgan fingerprint density at radius 1 is 1.47 bits per heavy atom. The van der Waals surface area contributed by atoms with E-state index in [2.05, 4.69) is 20.3 Å². The van der Waals surface area contributed by atoms with Gasteiger partial charge in [-0.2, -0.15) is 4.98 Å². The topological polar surface area (TPSA) is 86.0 Å². The fourth-order valence-corrected chi connectivity index (χ4v) is 1.79. The zero-order chi connectivity index (χ0) is 12.1. The van der Waals surface area contributed by atoms with Gasteiger partial charge in [0.1, 0.15) is 0 Å². The highest BCUT2D eigenvalue weighted by Crippen LogP contribution is 2.13. The van der Waals surface area contributed by atoms with Crippen LogP contribution in [0.15, 0.2) is 17.6 Å². The molecule has 0 fully saturated rings. The van der Waals surface area contributed by atoms with Crippen LogP contribution in [0.1, 0.15) is 12.6 Å². The standard InChI is InChI=1S/C10H13N5OS/c1-2-16-8-3-4-12-10(15-8)13-5-7-6-17-9(11)14-7/h3-4,6H,2,5H2,1H3,(H2,11,14)(H,12,13,15).